The first-order chi connectivity index (χ1) is 8.72. The molecule has 0 aliphatic carbocycles. The maximum absolute atomic E-state index is 12.2. The minimum absolute atomic E-state index is 0.242. The molecule has 0 spiro atoms. The molecule has 1 aromatic carbocycles. The highest BCUT2D eigenvalue weighted by Crippen LogP contribution is 2.26. The van der Waals surface area contributed by atoms with Crippen LogP contribution < -0.4 is 5.32 Å². The van der Waals surface area contributed by atoms with Gasteiger partial charge in [0.05, 0.1) is 6.42 Å². The van der Waals surface area contributed by atoms with Gasteiger partial charge in [-0.2, -0.15) is 0 Å². The van der Waals surface area contributed by atoms with Gasteiger partial charge in [0, 0.05) is 31.2 Å². The van der Waals surface area contributed by atoms with E-state index in [0.717, 1.165) is 31.7 Å². The van der Waals surface area contributed by atoms with Crippen molar-refractivity contribution in [3.63, 3.8) is 0 Å². The van der Waals surface area contributed by atoms with Gasteiger partial charge in [-0.15, -0.1) is 0 Å². The molecule has 2 heterocycles. The highest BCUT2D eigenvalue weighted by molar-refractivity contribution is 6.30. The average Bonchev–Trinajstić information content (AvgIpc) is 2.92. The van der Waals surface area contributed by atoms with Gasteiger partial charge < -0.3 is 10.2 Å². The molecule has 2 atom stereocenters. The Labute approximate surface area is 112 Å². The molecule has 0 aromatic heterocycles. The molecule has 3 rings (SSSR count). The number of rotatable bonds is 2. The lowest BCUT2D eigenvalue weighted by atomic mass is 10.0. The minimum atomic E-state index is 0.242. The third-order valence-corrected chi connectivity index (χ3v) is 4.26. The molecular formula is C14H17ClN2O. The number of carbonyl (C=O) groups excluding carboxylic acids is 1. The number of nitrogens with zero attached hydrogens (tertiary/aromatic N) is 1. The number of fused-ring (bicyclic) bond motifs is 1. The molecule has 1 amide bonds. The van der Waals surface area contributed by atoms with Crippen LogP contribution in [0.15, 0.2) is 24.3 Å². The van der Waals surface area contributed by atoms with Crippen molar-refractivity contribution in [2.75, 3.05) is 26.2 Å². The van der Waals surface area contributed by atoms with Crippen LogP contribution in [0.1, 0.15) is 5.56 Å². The number of hydrogen-bond acceptors (Lipinski definition) is 2. The molecule has 0 radical (unpaired) electrons. The van der Waals surface area contributed by atoms with Crippen LogP contribution in [0.3, 0.4) is 0 Å². The number of hydrogen-bond donors (Lipinski definition) is 1. The van der Waals surface area contributed by atoms with Crippen LogP contribution in [0.25, 0.3) is 0 Å². The van der Waals surface area contributed by atoms with Gasteiger partial charge in [-0.25, -0.2) is 0 Å². The summed E-state index contributed by atoms with van der Waals surface area (Å²) in [7, 11) is 0. The van der Waals surface area contributed by atoms with E-state index in [1.54, 1.807) is 0 Å². The van der Waals surface area contributed by atoms with E-state index < -0.39 is 0 Å². The van der Waals surface area contributed by atoms with E-state index in [9.17, 15) is 4.79 Å². The molecule has 1 N–H and O–H groups in total. The molecule has 96 valence electrons. The van der Waals surface area contributed by atoms with E-state index in [1.807, 2.05) is 29.2 Å². The second-order valence-corrected chi connectivity index (χ2v) is 5.72. The number of halogens is 1. The molecule has 2 aliphatic heterocycles. The van der Waals surface area contributed by atoms with Crippen LogP contribution >= 0.6 is 11.6 Å². The van der Waals surface area contributed by atoms with Gasteiger partial charge in [0.1, 0.15) is 0 Å². The Balaban J connectivity index is 1.60. The molecule has 1 aromatic rings. The Bertz CT molecular complexity index is 434. The van der Waals surface area contributed by atoms with Gasteiger partial charge >= 0.3 is 0 Å². The Morgan fingerprint density at radius 1 is 1.22 bits per heavy atom. The first kappa shape index (κ1) is 12.0. The summed E-state index contributed by atoms with van der Waals surface area (Å²) >= 11 is 5.84. The van der Waals surface area contributed by atoms with Crippen molar-refractivity contribution in [3.8, 4) is 0 Å². The first-order valence-corrected chi connectivity index (χ1v) is 6.83. The van der Waals surface area contributed by atoms with Crippen LogP contribution in [-0.2, 0) is 11.2 Å². The second kappa shape index (κ2) is 4.90. The van der Waals surface area contributed by atoms with Crippen LogP contribution in [-0.4, -0.2) is 37.0 Å². The molecule has 4 heteroatoms. The third kappa shape index (κ3) is 2.38. The summed E-state index contributed by atoms with van der Waals surface area (Å²) in [5.74, 6) is 1.57. The maximum atomic E-state index is 12.2. The molecule has 2 aliphatic rings. The monoisotopic (exact) mass is 264 g/mol. The van der Waals surface area contributed by atoms with Crippen LogP contribution in [0.5, 0.6) is 0 Å². The molecule has 2 fully saturated rings. The minimum Gasteiger partial charge on any atom is -0.342 e. The summed E-state index contributed by atoms with van der Waals surface area (Å²) in [4.78, 5) is 14.2. The zero-order chi connectivity index (χ0) is 12.5. The van der Waals surface area contributed by atoms with Gasteiger partial charge in [-0.05, 0) is 29.5 Å². The summed E-state index contributed by atoms with van der Waals surface area (Å²) in [6.07, 6.45) is 0.490. The van der Waals surface area contributed by atoms with Gasteiger partial charge in [0.15, 0.2) is 0 Å². The Hall–Kier alpha value is -1.06. The molecule has 2 saturated heterocycles. The van der Waals surface area contributed by atoms with Crippen molar-refractivity contribution < 1.29 is 4.79 Å². The maximum Gasteiger partial charge on any atom is 0.227 e. The molecule has 0 unspecified atom stereocenters. The van der Waals surface area contributed by atoms with Crippen LogP contribution in [0, 0.1) is 11.8 Å². The summed E-state index contributed by atoms with van der Waals surface area (Å²) < 4.78 is 0. The predicted octanol–water partition coefficient (Wildman–Crippen LogP) is 1.56. The van der Waals surface area contributed by atoms with Crippen molar-refractivity contribution in [2.45, 2.75) is 6.42 Å². The number of carbonyl (C=O) groups is 1. The SMILES string of the molecule is O=C(Cc1ccc(Cl)cc1)N1C[C@H]2CNC[C@H]2C1. The first-order valence-electron chi connectivity index (χ1n) is 6.45. The lowest BCUT2D eigenvalue weighted by Crippen LogP contribution is -2.32. The summed E-state index contributed by atoms with van der Waals surface area (Å²) in [6.45, 7) is 3.97. The molecule has 18 heavy (non-hydrogen) atoms. The van der Waals surface area contributed by atoms with Gasteiger partial charge in [-0.3, -0.25) is 4.79 Å². The van der Waals surface area contributed by atoms with E-state index >= 15 is 0 Å². The largest absolute Gasteiger partial charge is 0.342 e. The molecule has 3 nitrogen and oxygen atoms in total. The zero-order valence-corrected chi connectivity index (χ0v) is 11.0. The standard InChI is InChI=1S/C14H17ClN2O/c15-13-3-1-10(2-4-13)5-14(18)17-8-11-6-16-7-12(11)9-17/h1-4,11-12,16H,5-9H2/t11-,12+. The molecular weight excluding hydrogens is 248 g/mol. The summed E-state index contributed by atoms with van der Waals surface area (Å²) in [6, 6.07) is 7.54. The highest BCUT2D eigenvalue weighted by atomic mass is 35.5. The van der Waals surface area contributed by atoms with E-state index in [4.69, 9.17) is 11.6 Å². The number of amides is 1. The van der Waals surface area contributed by atoms with Gasteiger partial charge in [0.2, 0.25) is 5.91 Å². The highest BCUT2D eigenvalue weighted by Gasteiger charge is 2.37. The quantitative estimate of drug-likeness (QED) is 0.879. The second-order valence-electron chi connectivity index (χ2n) is 5.28. The smallest absolute Gasteiger partial charge is 0.227 e. The normalized spacial score (nSPS) is 26.4. The van der Waals surface area contributed by atoms with Gasteiger partial charge in [-0.1, -0.05) is 23.7 Å². The Kier molecular flexibility index (Phi) is 3.27. The number of likely N-dealkylation sites (tertiary alicyclic amines) is 1. The van der Waals surface area contributed by atoms with Crippen LogP contribution in [0.2, 0.25) is 5.02 Å². The summed E-state index contributed by atoms with van der Waals surface area (Å²) in [5, 5.41) is 4.10. The fraction of sp³-hybridized carbons (Fsp3) is 0.500. The van der Waals surface area contributed by atoms with E-state index in [2.05, 4.69) is 5.32 Å². The predicted molar refractivity (Wildman–Crippen MR) is 71.6 cm³/mol. The Morgan fingerprint density at radius 3 is 2.44 bits per heavy atom. The van der Waals surface area contributed by atoms with Crippen molar-refractivity contribution in [3.05, 3.63) is 34.9 Å². The van der Waals surface area contributed by atoms with Crippen molar-refractivity contribution >= 4 is 17.5 Å². The third-order valence-electron chi connectivity index (χ3n) is 4.01. The van der Waals surface area contributed by atoms with Gasteiger partial charge in [0.25, 0.3) is 0 Å². The van der Waals surface area contributed by atoms with E-state index in [0.29, 0.717) is 23.3 Å². The molecule has 0 saturated carbocycles. The number of benzene rings is 1. The fourth-order valence-corrected chi connectivity index (χ4v) is 3.07. The zero-order valence-electron chi connectivity index (χ0n) is 10.2. The topological polar surface area (TPSA) is 32.3 Å². The van der Waals surface area contributed by atoms with Crippen molar-refractivity contribution in [1.29, 1.82) is 0 Å². The Morgan fingerprint density at radius 2 is 1.83 bits per heavy atom. The lowest BCUT2D eigenvalue weighted by Gasteiger charge is -2.17. The average molecular weight is 265 g/mol. The summed E-state index contributed by atoms with van der Waals surface area (Å²) in [5.41, 5.74) is 1.04. The van der Waals surface area contributed by atoms with Crippen molar-refractivity contribution in [2.24, 2.45) is 11.8 Å². The van der Waals surface area contributed by atoms with E-state index in [1.165, 1.54) is 0 Å². The number of nitrogens with one attached hydrogen (secondary N) is 1. The van der Waals surface area contributed by atoms with Crippen LogP contribution in [0.4, 0.5) is 0 Å². The lowest BCUT2D eigenvalue weighted by molar-refractivity contribution is -0.129. The molecule has 0 bridgehead atoms. The van der Waals surface area contributed by atoms with E-state index in [-0.39, 0.29) is 5.91 Å². The fourth-order valence-electron chi connectivity index (χ4n) is 2.95. The van der Waals surface area contributed by atoms with Crippen molar-refractivity contribution in [1.82, 2.24) is 10.2 Å².